The maximum atomic E-state index is 13.2. The van der Waals surface area contributed by atoms with Crippen molar-refractivity contribution in [2.75, 3.05) is 38.8 Å². The van der Waals surface area contributed by atoms with Gasteiger partial charge in [0.1, 0.15) is 5.75 Å². The van der Waals surface area contributed by atoms with Crippen LogP contribution in [-0.2, 0) is 20.9 Å². The molecule has 1 amide bonds. The Morgan fingerprint density at radius 3 is 2.49 bits per heavy atom. The lowest BCUT2D eigenvalue weighted by molar-refractivity contribution is -0.129. The largest absolute Gasteiger partial charge is 0.493 e. The average molecular weight is 592 g/mol. The number of aryl methyl sites for hydroxylation is 1. The molecule has 0 aliphatic carbocycles. The van der Waals surface area contributed by atoms with Gasteiger partial charge < -0.3 is 35.7 Å². The predicted octanol–water partition coefficient (Wildman–Crippen LogP) is 5.33. The highest BCUT2D eigenvalue weighted by molar-refractivity contribution is 6.30. The van der Waals surface area contributed by atoms with E-state index in [0.29, 0.717) is 50.8 Å². The van der Waals surface area contributed by atoms with Crippen LogP contribution < -0.4 is 21.1 Å². The van der Waals surface area contributed by atoms with Gasteiger partial charge in [-0.1, -0.05) is 44.0 Å². The van der Waals surface area contributed by atoms with E-state index in [9.17, 15) is 9.90 Å². The first-order valence-corrected chi connectivity index (χ1v) is 15.0. The Morgan fingerprint density at radius 1 is 1.10 bits per heavy atom. The highest BCUT2D eigenvalue weighted by Gasteiger charge is 2.28. The number of carbonyl (C=O) groups is 1. The summed E-state index contributed by atoms with van der Waals surface area (Å²) >= 11 is 5.99. The zero-order valence-electron chi connectivity index (χ0n) is 25.3. The fraction of sp³-hybridized carbons (Fsp3) is 0.594. The average Bonchev–Trinajstić information content (AvgIpc) is 2.95. The normalized spacial score (nSPS) is 15.0. The predicted molar refractivity (Wildman–Crippen MR) is 167 cm³/mol. The Bertz CT molecular complexity index is 1020. The third-order valence-corrected chi connectivity index (χ3v) is 7.65. The molecule has 0 bridgehead atoms. The number of carbonyl (C=O) groups excluding carboxylic acids is 1. The second-order valence-electron chi connectivity index (χ2n) is 10.9. The van der Waals surface area contributed by atoms with Crippen LogP contribution in [0.25, 0.3) is 0 Å². The Kier molecular flexibility index (Phi) is 16.1. The smallest absolute Gasteiger partial charge is 0.225 e. The number of amides is 1. The molecular weight excluding hydrogens is 542 g/mol. The van der Waals surface area contributed by atoms with E-state index in [1.807, 2.05) is 49.4 Å². The molecule has 0 saturated heterocycles. The Balaban J connectivity index is 1.83. The van der Waals surface area contributed by atoms with Crippen molar-refractivity contribution in [2.45, 2.75) is 78.2 Å². The van der Waals surface area contributed by atoms with E-state index in [-0.39, 0.29) is 23.9 Å². The van der Waals surface area contributed by atoms with Crippen LogP contribution in [0.3, 0.4) is 0 Å². The van der Waals surface area contributed by atoms with Gasteiger partial charge in [0.05, 0.1) is 31.8 Å². The minimum absolute atomic E-state index is 0.0928. The number of aliphatic hydroxyl groups is 1. The molecule has 0 fully saturated rings. The van der Waals surface area contributed by atoms with E-state index in [4.69, 9.17) is 31.5 Å². The fourth-order valence-electron chi connectivity index (χ4n) is 4.44. The quantitative estimate of drug-likeness (QED) is 0.154. The first-order valence-electron chi connectivity index (χ1n) is 14.7. The van der Waals surface area contributed by atoms with E-state index < -0.39 is 12.0 Å². The molecule has 8 nitrogen and oxygen atoms in total. The molecule has 0 saturated carbocycles. The minimum Gasteiger partial charge on any atom is -0.493 e. The van der Waals surface area contributed by atoms with Gasteiger partial charge in [-0.15, -0.1) is 0 Å². The number of aliphatic hydroxyl groups excluding tert-OH is 1. The molecule has 2 aromatic rings. The van der Waals surface area contributed by atoms with Gasteiger partial charge in [-0.05, 0) is 74.1 Å². The summed E-state index contributed by atoms with van der Waals surface area (Å²) in [5, 5.41) is 17.7. The van der Waals surface area contributed by atoms with Gasteiger partial charge >= 0.3 is 0 Å². The summed E-state index contributed by atoms with van der Waals surface area (Å²) in [6.45, 7) is 10.5. The number of benzene rings is 2. The molecule has 0 aromatic heterocycles. The number of hydrogen-bond donors (Lipinski definition) is 4. The lowest BCUT2D eigenvalue weighted by Gasteiger charge is -2.29. The van der Waals surface area contributed by atoms with Gasteiger partial charge in [-0.25, -0.2) is 0 Å². The molecule has 0 radical (unpaired) electrons. The standard InChI is InChI=1S/C32H50ClN3O5/c1-6-22(2)30(19-35-28-13-10-26(33)11-14-28)36-32(38)29(24(4)37)15-12-27(34)21-40-20-25-9-8-23(3)31(18-25)41-17-7-16-39-5/h8-11,13-14,18,22,24,27,29-30,35,37H,6-7,12,15-17,19-21,34H2,1-5H3,(H,36,38)/t22?,24?,27?,29-,30?/m0/s1. The van der Waals surface area contributed by atoms with E-state index in [1.165, 1.54) is 0 Å². The Morgan fingerprint density at radius 2 is 1.83 bits per heavy atom. The molecule has 2 aromatic carbocycles. The molecule has 5 atom stereocenters. The fourth-order valence-corrected chi connectivity index (χ4v) is 4.56. The number of halogens is 1. The maximum absolute atomic E-state index is 13.2. The van der Waals surface area contributed by atoms with Crippen LogP contribution in [0.4, 0.5) is 5.69 Å². The molecular formula is C32H50ClN3O5. The zero-order valence-corrected chi connectivity index (χ0v) is 26.1. The summed E-state index contributed by atoms with van der Waals surface area (Å²) < 4.78 is 16.8. The van der Waals surface area contributed by atoms with Crippen LogP contribution >= 0.6 is 11.6 Å². The van der Waals surface area contributed by atoms with Crippen molar-refractivity contribution in [3.05, 3.63) is 58.6 Å². The van der Waals surface area contributed by atoms with Gasteiger partial charge in [0.15, 0.2) is 0 Å². The number of hydrogen-bond acceptors (Lipinski definition) is 7. The number of nitrogens with one attached hydrogen (secondary N) is 2. The molecule has 0 aliphatic heterocycles. The lowest BCUT2D eigenvalue weighted by Crippen LogP contribution is -2.48. The number of anilines is 1. The van der Waals surface area contributed by atoms with Crippen molar-refractivity contribution in [1.29, 1.82) is 0 Å². The first-order chi connectivity index (χ1) is 19.6. The first kappa shape index (κ1) is 34.8. The summed E-state index contributed by atoms with van der Waals surface area (Å²) in [4.78, 5) is 13.2. The third kappa shape index (κ3) is 13.0. The highest BCUT2D eigenvalue weighted by atomic mass is 35.5. The molecule has 41 heavy (non-hydrogen) atoms. The topological polar surface area (TPSA) is 115 Å². The Hall–Kier alpha value is -2.36. The van der Waals surface area contributed by atoms with Crippen molar-refractivity contribution in [1.82, 2.24) is 5.32 Å². The van der Waals surface area contributed by atoms with Crippen LogP contribution in [0.15, 0.2) is 42.5 Å². The van der Waals surface area contributed by atoms with Crippen LogP contribution in [0.5, 0.6) is 5.75 Å². The molecule has 4 unspecified atom stereocenters. The number of rotatable bonds is 20. The van der Waals surface area contributed by atoms with E-state index in [2.05, 4.69) is 24.5 Å². The molecule has 9 heteroatoms. The van der Waals surface area contributed by atoms with Gasteiger partial charge in [-0.3, -0.25) is 4.79 Å². The van der Waals surface area contributed by atoms with Gasteiger partial charge in [-0.2, -0.15) is 0 Å². The van der Waals surface area contributed by atoms with Crippen molar-refractivity contribution < 1.29 is 24.1 Å². The van der Waals surface area contributed by atoms with Crippen LogP contribution in [0.1, 0.15) is 57.6 Å². The number of methoxy groups -OCH3 is 1. The molecule has 0 heterocycles. The summed E-state index contributed by atoms with van der Waals surface area (Å²) in [6, 6.07) is 13.2. The molecule has 0 aliphatic rings. The molecule has 2 rings (SSSR count). The van der Waals surface area contributed by atoms with Gasteiger partial charge in [0, 0.05) is 49.5 Å². The zero-order chi connectivity index (χ0) is 30.2. The monoisotopic (exact) mass is 591 g/mol. The lowest BCUT2D eigenvalue weighted by atomic mass is 9.92. The van der Waals surface area contributed by atoms with Gasteiger partial charge in [0.2, 0.25) is 5.91 Å². The Labute approximate surface area is 251 Å². The van der Waals surface area contributed by atoms with Crippen LogP contribution in [0.2, 0.25) is 5.02 Å². The van der Waals surface area contributed by atoms with E-state index >= 15 is 0 Å². The van der Waals surface area contributed by atoms with E-state index in [1.54, 1.807) is 14.0 Å². The highest BCUT2D eigenvalue weighted by Crippen LogP contribution is 2.21. The van der Waals surface area contributed by atoms with Crippen molar-refractivity contribution in [3.8, 4) is 5.75 Å². The second-order valence-corrected chi connectivity index (χ2v) is 11.3. The maximum Gasteiger partial charge on any atom is 0.225 e. The summed E-state index contributed by atoms with van der Waals surface area (Å²) in [5.41, 5.74) is 9.35. The minimum atomic E-state index is -0.792. The third-order valence-electron chi connectivity index (χ3n) is 7.40. The van der Waals surface area contributed by atoms with Crippen LogP contribution in [-0.4, -0.2) is 62.7 Å². The molecule has 5 N–H and O–H groups in total. The second kappa shape index (κ2) is 18.9. The SMILES string of the molecule is CCC(C)C(CNc1ccc(Cl)cc1)NC(=O)[C@@H](CCC(N)COCc1ccc(C)c(OCCCOC)c1)C(C)O. The van der Waals surface area contributed by atoms with Gasteiger partial charge in [0.25, 0.3) is 0 Å². The van der Waals surface area contributed by atoms with Crippen LogP contribution in [0, 0.1) is 18.8 Å². The number of ether oxygens (including phenoxy) is 3. The molecule has 230 valence electrons. The van der Waals surface area contributed by atoms with E-state index in [0.717, 1.165) is 35.4 Å². The van der Waals surface area contributed by atoms with Crippen molar-refractivity contribution in [2.24, 2.45) is 17.6 Å². The summed E-state index contributed by atoms with van der Waals surface area (Å²) in [6.07, 6.45) is 1.98. The van der Waals surface area contributed by atoms with Crippen molar-refractivity contribution in [3.63, 3.8) is 0 Å². The molecule has 0 spiro atoms. The summed E-state index contributed by atoms with van der Waals surface area (Å²) in [5.74, 6) is 0.380. The number of nitrogens with two attached hydrogens (primary N) is 1. The van der Waals surface area contributed by atoms with Crippen molar-refractivity contribution >= 4 is 23.2 Å². The summed E-state index contributed by atoms with van der Waals surface area (Å²) in [7, 11) is 1.68.